The molecule has 5 rings (SSSR count). The monoisotopic (exact) mass is 449 g/mol. The minimum atomic E-state index is -0.711. The standard InChI is InChI=1S/C22H23N7O2S/c1-11-3-5-17(13-4-6-18-15(7-13)26-12(2)32-18)29(10-11)22(31)21(30)27-16-9-24-20(23)14-8-25-28-19(14)16/h4,6-9,11,17H,3,5,10H2,1-2H3,(H2,23,24)(H,25,28)(H,27,30)/t11-,17+/m0/s1. The number of nitrogens with zero attached hydrogens (tertiary/aromatic N) is 4. The van der Waals surface area contributed by atoms with Gasteiger partial charge >= 0.3 is 11.8 Å². The molecule has 9 nitrogen and oxygen atoms in total. The normalized spacial score (nSPS) is 18.9. The summed E-state index contributed by atoms with van der Waals surface area (Å²) in [5.41, 5.74) is 8.68. The molecular formula is C22H23N7O2S. The molecular weight excluding hydrogens is 426 g/mol. The van der Waals surface area contributed by atoms with E-state index in [9.17, 15) is 9.59 Å². The third-order valence-corrected chi connectivity index (χ3v) is 6.89. The molecule has 4 N–H and O–H groups in total. The van der Waals surface area contributed by atoms with Crippen LogP contribution in [0.15, 0.2) is 30.6 Å². The Bertz CT molecular complexity index is 1340. The fourth-order valence-corrected chi connectivity index (χ4v) is 5.15. The first-order valence-electron chi connectivity index (χ1n) is 10.5. The molecule has 164 valence electrons. The predicted molar refractivity (Wildman–Crippen MR) is 124 cm³/mol. The third-order valence-electron chi connectivity index (χ3n) is 5.94. The Hall–Kier alpha value is -3.53. The summed E-state index contributed by atoms with van der Waals surface area (Å²) < 4.78 is 1.12. The number of nitrogens with two attached hydrogens (primary N) is 1. The Morgan fingerprint density at radius 1 is 1.28 bits per heavy atom. The highest BCUT2D eigenvalue weighted by atomic mass is 32.1. The van der Waals surface area contributed by atoms with Crippen LogP contribution >= 0.6 is 11.3 Å². The number of piperidine rings is 1. The highest BCUT2D eigenvalue weighted by Crippen LogP contribution is 2.35. The van der Waals surface area contributed by atoms with E-state index in [2.05, 4.69) is 32.4 Å². The smallest absolute Gasteiger partial charge is 0.314 e. The van der Waals surface area contributed by atoms with Crippen LogP contribution in [0, 0.1) is 12.8 Å². The molecule has 1 aliphatic heterocycles. The van der Waals surface area contributed by atoms with Crippen LogP contribution in [0.1, 0.15) is 36.4 Å². The van der Waals surface area contributed by atoms with E-state index >= 15 is 0 Å². The number of H-pyrrole nitrogens is 1. The average Bonchev–Trinajstić information content (AvgIpc) is 3.41. The summed E-state index contributed by atoms with van der Waals surface area (Å²) >= 11 is 1.65. The van der Waals surface area contributed by atoms with E-state index in [1.165, 1.54) is 12.4 Å². The first-order valence-corrected chi connectivity index (χ1v) is 11.3. The Morgan fingerprint density at radius 2 is 2.12 bits per heavy atom. The van der Waals surface area contributed by atoms with E-state index in [4.69, 9.17) is 5.73 Å². The van der Waals surface area contributed by atoms with E-state index in [1.807, 2.05) is 25.1 Å². The van der Waals surface area contributed by atoms with E-state index in [1.54, 1.807) is 16.2 Å². The molecule has 1 fully saturated rings. The highest BCUT2D eigenvalue weighted by molar-refractivity contribution is 7.18. The Morgan fingerprint density at radius 3 is 2.97 bits per heavy atom. The van der Waals surface area contributed by atoms with Gasteiger partial charge in [-0.3, -0.25) is 14.7 Å². The maximum Gasteiger partial charge on any atom is 0.314 e. The number of likely N-dealkylation sites (tertiary alicyclic amines) is 1. The number of anilines is 2. The summed E-state index contributed by atoms with van der Waals surface area (Å²) in [6.45, 7) is 4.60. The van der Waals surface area contributed by atoms with Crippen molar-refractivity contribution in [1.82, 2.24) is 25.1 Å². The SMILES string of the molecule is Cc1nc2cc([C@H]3CC[C@H](C)CN3C(=O)C(=O)Nc3cnc(N)c4cn[nH]c34)ccc2s1. The van der Waals surface area contributed by atoms with Crippen LogP contribution in [0.5, 0.6) is 0 Å². The lowest BCUT2D eigenvalue weighted by molar-refractivity contribution is -0.146. The largest absolute Gasteiger partial charge is 0.383 e. The van der Waals surface area contributed by atoms with Crippen molar-refractivity contribution in [3.63, 3.8) is 0 Å². The zero-order chi connectivity index (χ0) is 22.4. The lowest BCUT2D eigenvalue weighted by Gasteiger charge is -2.38. The second kappa shape index (κ2) is 7.86. The Balaban J connectivity index is 1.42. The van der Waals surface area contributed by atoms with Gasteiger partial charge in [-0.1, -0.05) is 13.0 Å². The number of thiazole rings is 1. The summed E-state index contributed by atoms with van der Waals surface area (Å²) in [5, 5.41) is 11.0. The molecule has 2 atom stereocenters. The summed E-state index contributed by atoms with van der Waals surface area (Å²) in [7, 11) is 0. The van der Waals surface area contributed by atoms with Crippen LogP contribution in [0.2, 0.25) is 0 Å². The number of rotatable bonds is 2. The number of fused-ring (bicyclic) bond motifs is 2. The molecule has 4 heterocycles. The molecule has 2 amide bonds. The number of hydrogen-bond donors (Lipinski definition) is 3. The summed E-state index contributed by atoms with van der Waals surface area (Å²) in [5.74, 6) is -0.667. The van der Waals surface area contributed by atoms with E-state index in [-0.39, 0.29) is 6.04 Å². The number of nitrogens with one attached hydrogen (secondary N) is 2. The van der Waals surface area contributed by atoms with Gasteiger partial charge in [-0.25, -0.2) is 9.97 Å². The lowest BCUT2D eigenvalue weighted by Crippen LogP contribution is -2.46. The number of benzene rings is 1. The van der Waals surface area contributed by atoms with Gasteiger partial charge < -0.3 is 16.0 Å². The molecule has 1 aromatic carbocycles. The Labute approximate surface area is 188 Å². The number of aryl methyl sites for hydroxylation is 1. The second-order valence-electron chi connectivity index (χ2n) is 8.29. The molecule has 0 unspecified atom stereocenters. The number of aromatic nitrogens is 4. The molecule has 4 aromatic rings. The number of carbonyl (C=O) groups is 2. The summed E-state index contributed by atoms with van der Waals surface area (Å²) in [6, 6.07) is 5.95. The highest BCUT2D eigenvalue weighted by Gasteiger charge is 2.34. The van der Waals surface area contributed by atoms with Gasteiger partial charge in [-0.05, 0) is 43.4 Å². The van der Waals surface area contributed by atoms with Gasteiger partial charge in [0.15, 0.2) is 0 Å². The number of pyridine rings is 1. The minimum Gasteiger partial charge on any atom is -0.383 e. The Kier molecular flexibility index (Phi) is 5.01. The molecule has 1 aliphatic rings. The van der Waals surface area contributed by atoms with Crippen LogP contribution < -0.4 is 11.1 Å². The van der Waals surface area contributed by atoms with Crippen molar-refractivity contribution in [2.24, 2.45) is 5.92 Å². The summed E-state index contributed by atoms with van der Waals surface area (Å²) in [6.07, 6.45) is 4.74. The molecule has 32 heavy (non-hydrogen) atoms. The molecule has 0 radical (unpaired) electrons. The van der Waals surface area contributed by atoms with E-state index < -0.39 is 11.8 Å². The van der Waals surface area contributed by atoms with Gasteiger partial charge in [-0.2, -0.15) is 5.10 Å². The van der Waals surface area contributed by atoms with Crippen molar-refractivity contribution in [1.29, 1.82) is 0 Å². The average molecular weight is 450 g/mol. The molecule has 0 spiro atoms. The van der Waals surface area contributed by atoms with Crippen LogP contribution in [0.3, 0.4) is 0 Å². The number of aromatic amines is 1. The van der Waals surface area contributed by atoms with Crippen molar-refractivity contribution in [2.45, 2.75) is 32.7 Å². The van der Waals surface area contributed by atoms with Crippen LogP contribution in [-0.4, -0.2) is 43.4 Å². The minimum absolute atomic E-state index is 0.174. The quantitative estimate of drug-likeness (QED) is 0.402. The number of nitrogen functional groups attached to an aromatic ring is 1. The zero-order valence-electron chi connectivity index (χ0n) is 17.8. The van der Waals surface area contributed by atoms with Gasteiger partial charge in [0.1, 0.15) is 5.82 Å². The van der Waals surface area contributed by atoms with Gasteiger partial charge in [0.25, 0.3) is 0 Å². The first kappa shape index (κ1) is 20.4. The molecule has 0 aliphatic carbocycles. The third kappa shape index (κ3) is 3.56. The van der Waals surface area contributed by atoms with Crippen molar-refractivity contribution in [3.8, 4) is 0 Å². The molecule has 10 heteroatoms. The van der Waals surface area contributed by atoms with Crippen molar-refractivity contribution < 1.29 is 9.59 Å². The second-order valence-corrected chi connectivity index (χ2v) is 9.52. The summed E-state index contributed by atoms with van der Waals surface area (Å²) in [4.78, 5) is 36.6. The molecule has 0 saturated carbocycles. The van der Waals surface area contributed by atoms with Crippen LogP contribution in [0.25, 0.3) is 21.1 Å². The van der Waals surface area contributed by atoms with E-state index in [0.717, 1.165) is 33.6 Å². The molecule has 1 saturated heterocycles. The first-order chi connectivity index (χ1) is 15.4. The van der Waals surface area contributed by atoms with Crippen molar-refractivity contribution >= 4 is 55.8 Å². The zero-order valence-corrected chi connectivity index (χ0v) is 18.6. The van der Waals surface area contributed by atoms with Gasteiger partial charge in [0.05, 0.1) is 50.3 Å². The van der Waals surface area contributed by atoms with Gasteiger partial charge in [0.2, 0.25) is 0 Å². The van der Waals surface area contributed by atoms with Gasteiger partial charge in [-0.15, -0.1) is 11.3 Å². The van der Waals surface area contributed by atoms with Crippen LogP contribution in [-0.2, 0) is 9.59 Å². The molecule has 0 bridgehead atoms. The van der Waals surface area contributed by atoms with Crippen LogP contribution in [0.4, 0.5) is 11.5 Å². The number of carbonyl (C=O) groups excluding carboxylic acids is 2. The topological polar surface area (TPSA) is 130 Å². The maximum atomic E-state index is 13.3. The van der Waals surface area contributed by atoms with Gasteiger partial charge in [0, 0.05) is 6.54 Å². The van der Waals surface area contributed by atoms with Crippen molar-refractivity contribution in [2.75, 3.05) is 17.6 Å². The fraction of sp³-hybridized carbons (Fsp3) is 0.318. The number of amides is 2. The predicted octanol–water partition coefficient (Wildman–Crippen LogP) is 3.40. The van der Waals surface area contributed by atoms with E-state index in [0.29, 0.717) is 34.9 Å². The van der Waals surface area contributed by atoms with Crippen molar-refractivity contribution in [3.05, 3.63) is 41.2 Å². The number of hydrogen-bond acceptors (Lipinski definition) is 7. The lowest BCUT2D eigenvalue weighted by atomic mass is 9.89. The maximum absolute atomic E-state index is 13.3. The molecule has 3 aromatic heterocycles. The fourth-order valence-electron chi connectivity index (χ4n) is 4.35.